The number of carbonyl (C=O) groups excluding carboxylic acids is 1. The summed E-state index contributed by atoms with van der Waals surface area (Å²) in [5, 5.41) is 0.799. The number of oxazole rings is 1. The molecule has 27 heavy (non-hydrogen) atoms. The number of aryl methyl sites for hydroxylation is 1. The van der Waals surface area contributed by atoms with Crippen molar-refractivity contribution in [3.8, 4) is 11.5 Å². The molecule has 9 heteroatoms. The van der Waals surface area contributed by atoms with E-state index in [1.54, 1.807) is 25.1 Å². The summed E-state index contributed by atoms with van der Waals surface area (Å²) in [6.45, 7) is 2.98. The molecule has 1 heterocycles. The normalized spacial score (nSPS) is 11.8. The molecule has 0 fully saturated rings. The number of alkyl halides is 3. The second kappa shape index (κ2) is 7.05. The smallest absolute Gasteiger partial charge is 0.436 e. The molecule has 0 bridgehead atoms. The van der Waals surface area contributed by atoms with Gasteiger partial charge in [0, 0.05) is 17.3 Å². The van der Waals surface area contributed by atoms with E-state index in [-0.39, 0.29) is 18.1 Å². The second-order valence-electron chi connectivity index (χ2n) is 5.80. The van der Waals surface area contributed by atoms with Crippen molar-refractivity contribution in [2.24, 2.45) is 0 Å². The van der Waals surface area contributed by atoms with Gasteiger partial charge in [0.15, 0.2) is 5.58 Å². The highest BCUT2D eigenvalue weighted by Gasteiger charge is 2.42. The molecule has 3 aromatic rings. The SMILES string of the molecule is CCN(C(=O)C(F)(F)F)c1cc(C)c2oc(-c3cc(Cl)ccc3Cl)nc2c1. The number of amides is 1. The van der Waals surface area contributed by atoms with Gasteiger partial charge in [0.1, 0.15) is 5.52 Å². The lowest BCUT2D eigenvalue weighted by atomic mass is 10.1. The Morgan fingerprint density at radius 3 is 2.56 bits per heavy atom. The van der Waals surface area contributed by atoms with Gasteiger partial charge in [-0.25, -0.2) is 4.98 Å². The third-order valence-electron chi connectivity index (χ3n) is 3.93. The molecule has 142 valence electrons. The maximum Gasteiger partial charge on any atom is 0.471 e. The summed E-state index contributed by atoms with van der Waals surface area (Å²) in [5.41, 5.74) is 1.78. The van der Waals surface area contributed by atoms with E-state index in [9.17, 15) is 18.0 Å². The molecule has 2 aromatic carbocycles. The van der Waals surface area contributed by atoms with E-state index in [2.05, 4.69) is 4.98 Å². The van der Waals surface area contributed by atoms with Crippen LogP contribution < -0.4 is 4.90 Å². The molecule has 3 rings (SSSR count). The number of aromatic nitrogens is 1. The van der Waals surface area contributed by atoms with Crippen molar-refractivity contribution in [1.82, 2.24) is 4.98 Å². The fraction of sp³-hybridized carbons (Fsp3) is 0.222. The Balaban J connectivity index is 2.12. The summed E-state index contributed by atoms with van der Waals surface area (Å²) in [6.07, 6.45) is -4.97. The van der Waals surface area contributed by atoms with Gasteiger partial charge >= 0.3 is 12.1 Å². The van der Waals surface area contributed by atoms with Crippen LogP contribution in [0.2, 0.25) is 10.0 Å². The summed E-state index contributed by atoms with van der Waals surface area (Å²) in [4.78, 5) is 16.6. The highest BCUT2D eigenvalue weighted by molar-refractivity contribution is 6.35. The predicted molar refractivity (Wildman–Crippen MR) is 98.3 cm³/mol. The standard InChI is InChI=1S/C18H13Cl2F3N2O2/c1-3-25(17(26)18(21,22)23)11-6-9(2)15-14(8-11)24-16(27-15)12-7-10(19)4-5-13(12)20/h4-8H,3H2,1-2H3. The van der Waals surface area contributed by atoms with Gasteiger partial charge in [-0.1, -0.05) is 23.2 Å². The monoisotopic (exact) mass is 416 g/mol. The Kier molecular flexibility index (Phi) is 5.10. The summed E-state index contributed by atoms with van der Waals surface area (Å²) in [6, 6.07) is 7.61. The molecule has 0 unspecified atom stereocenters. The van der Waals surface area contributed by atoms with E-state index in [0.29, 0.717) is 37.2 Å². The quantitative estimate of drug-likeness (QED) is 0.523. The van der Waals surface area contributed by atoms with Crippen molar-refractivity contribution in [3.05, 3.63) is 45.9 Å². The number of fused-ring (bicyclic) bond motifs is 1. The first-order valence-corrected chi connectivity index (χ1v) is 8.62. The van der Waals surface area contributed by atoms with Gasteiger partial charge in [0.2, 0.25) is 5.89 Å². The fourth-order valence-corrected chi connectivity index (χ4v) is 3.08. The maximum atomic E-state index is 12.8. The van der Waals surface area contributed by atoms with Crippen LogP contribution in [0.4, 0.5) is 18.9 Å². The first-order valence-electron chi connectivity index (χ1n) is 7.87. The molecule has 0 atom stereocenters. The first-order chi connectivity index (χ1) is 12.6. The number of hydrogen-bond acceptors (Lipinski definition) is 3. The summed E-state index contributed by atoms with van der Waals surface area (Å²) in [7, 11) is 0. The molecule has 0 spiro atoms. The molecule has 1 amide bonds. The fourth-order valence-electron chi connectivity index (χ4n) is 2.71. The lowest BCUT2D eigenvalue weighted by molar-refractivity contribution is -0.170. The molecular weight excluding hydrogens is 404 g/mol. The molecule has 1 aromatic heterocycles. The van der Waals surface area contributed by atoms with Crippen LogP contribution in [0.1, 0.15) is 12.5 Å². The average molecular weight is 417 g/mol. The topological polar surface area (TPSA) is 46.3 Å². The molecule has 0 saturated carbocycles. The van der Waals surface area contributed by atoms with Gasteiger partial charge in [-0.05, 0) is 49.7 Å². The van der Waals surface area contributed by atoms with Crippen molar-refractivity contribution in [2.45, 2.75) is 20.0 Å². The number of nitrogens with zero attached hydrogens (tertiary/aromatic N) is 2. The van der Waals surface area contributed by atoms with Gasteiger partial charge in [0.25, 0.3) is 0 Å². The zero-order valence-electron chi connectivity index (χ0n) is 14.2. The minimum Gasteiger partial charge on any atom is -0.436 e. The van der Waals surface area contributed by atoms with Crippen LogP contribution in [0.15, 0.2) is 34.7 Å². The number of anilines is 1. The van der Waals surface area contributed by atoms with Crippen LogP contribution in [0.25, 0.3) is 22.6 Å². The Morgan fingerprint density at radius 2 is 1.93 bits per heavy atom. The Labute approximate surface area is 162 Å². The Hall–Kier alpha value is -2.25. The summed E-state index contributed by atoms with van der Waals surface area (Å²) in [5.74, 6) is -1.76. The summed E-state index contributed by atoms with van der Waals surface area (Å²) < 4.78 is 44.3. The van der Waals surface area contributed by atoms with Crippen LogP contribution in [0, 0.1) is 6.92 Å². The molecular formula is C18H13Cl2F3N2O2. The first kappa shape index (κ1) is 19.5. The van der Waals surface area contributed by atoms with Gasteiger partial charge < -0.3 is 9.32 Å². The van der Waals surface area contributed by atoms with Gasteiger partial charge in [-0.3, -0.25) is 4.79 Å². The van der Waals surface area contributed by atoms with Crippen LogP contribution in [0.3, 0.4) is 0 Å². The van der Waals surface area contributed by atoms with E-state index >= 15 is 0 Å². The maximum absolute atomic E-state index is 12.8. The van der Waals surface area contributed by atoms with Gasteiger partial charge in [-0.2, -0.15) is 13.2 Å². The van der Waals surface area contributed by atoms with Crippen LogP contribution >= 0.6 is 23.2 Å². The van der Waals surface area contributed by atoms with E-state index < -0.39 is 12.1 Å². The van der Waals surface area contributed by atoms with Crippen LogP contribution in [-0.2, 0) is 4.79 Å². The van der Waals surface area contributed by atoms with E-state index in [0.717, 1.165) is 0 Å². The second-order valence-corrected chi connectivity index (χ2v) is 6.64. The number of hydrogen-bond donors (Lipinski definition) is 0. The van der Waals surface area contributed by atoms with Crippen molar-refractivity contribution < 1.29 is 22.4 Å². The molecule has 0 aliphatic heterocycles. The molecule has 0 saturated heterocycles. The Morgan fingerprint density at radius 1 is 1.22 bits per heavy atom. The minimum absolute atomic E-state index is 0.0851. The third kappa shape index (κ3) is 3.75. The van der Waals surface area contributed by atoms with Gasteiger partial charge in [-0.15, -0.1) is 0 Å². The van der Waals surface area contributed by atoms with Crippen molar-refractivity contribution >= 4 is 45.9 Å². The van der Waals surface area contributed by atoms with E-state index in [1.165, 1.54) is 19.1 Å². The number of halogens is 5. The van der Waals surface area contributed by atoms with Crippen molar-refractivity contribution in [2.75, 3.05) is 11.4 Å². The van der Waals surface area contributed by atoms with Crippen LogP contribution in [-0.4, -0.2) is 23.6 Å². The number of benzene rings is 2. The highest BCUT2D eigenvalue weighted by atomic mass is 35.5. The van der Waals surface area contributed by atoms with Crippen molar-refractivity contribution in [3.63, 3.8) is 0 Å². The largest absolute Gasteiger partial charge is 0.471 e. The number of rotatable bonds is 3. The molecule has 0 N–H and O–H groups in total. The van der Waals surface area contributed by atoms with Gasteiger partial charge in [0.05, 0.1) is 10.6 Å². The zero-order chi connectivity index (χ0) is 19.9. The summed E-state index contributed by atoms with van der Waals surface area (Å²) >= 11 is 12.1. The minimum atomic E-state index is -4.97. The Bertz CT molecular complexity index is 1030. The predicted octanol–water partition coefficient (Wildman–Crippen LogP) is 6.03. The molecule has 0 radical (unpaired) electrons. The molecule has 4 nitrogen and oxygen atoms in total. The lowest BCUT2D eigenvalue weighted by Gasteiger charge is -2.22. The molecule has 0 aliphatic carbocycles. The molecule has 0 aliphatic rings. The highest BCUT2D eigenvalue weighted by Crippen LogP contribution is 2.35. The number of carbonyl (C=O) groups is 1. The van der Waals surface area contributed by atoms with E-state index in [1.807, 2.05) is 0 Å². The van der Waals surface area contributed by atoms with E-state index in [4.69, 9.17) is 27.6 Å². The van der Waals surface area contributed by atoms with Crippen LogP contribution in [0.5, 0.6) is 0 Å². The lowest BCUT2D eigenvalue weighted by Crippen LogP contribution is -2.41. The van der Waals surface area contributed by atoms with Crippen molar-refractivity contribution in [1.29, 1.82) is 0 Å². The average Bonchev–Trinajstić information content (AvgIpc) is 3.01. The zero-order valence-corrected chi connectivity index (χ0v) is 15.7. The third-order valence-corrected chi connectivity index (χ3v) is 4.50.